The summed E-state index contributed by atoms with van der Waals surface area (Å²) in [4.78, 5) is 16.4. The predicted octanol–water partition coefficient (Wildman–Crippen LogP) is 4.14. The van der Waals surface area contributed by atoms with Gasteiger partial charge in [-0.25, -0.2) is 8.42 Å². The van der Waals surface area contributed by atoms with Gasteiger partial charge >= 0.3 is 0 Å². The maximum Gasteiger partial charge on any atom is 0.254 e. The fourth-order valence-corrected chi connectivity index (χ4v) is 6.01. The summed E-state index contributed by atoms with van der Waals surface area (Å²) in [6.45, 7) is 1.29. The Morgan fingerprint density at radius 1 is 1.10 bits per heavy atom. The van der Waals surface area contributed by atoms with Gasteiger partial charge in [0.1, 0.15) is 5.75 Å². The normalized spacial score (nSPS) is 15.1. The number of nitrogens with zero attached hydrogens (tertiary/aromatic N) is 2. The van der Waals surface area contributed by atoms with Crippen molar-refractivity contribution in [1.82, 2.24) is 4.90 Å². The van der Waals surface area contributed by atoms with Crippen molar-refractivity contribution in [2.24, 2.45) is 0 Å². The number of anilines is 1. The van der Waals surface area contributed by atoms with Gasteiger partial charge in [0.05, 0.1) is 31.6 Å². The molecule has 0 atom stereocenters. The summed E-state index contributed by atoms with van der Waals surface area (Å²) in [6, 6.07) is 18.5. The quantitative estimate of drug-likeness (QED) is 0.536. The highest BCUT2D eigenvalue weighted by atomic mass is 32.2. The van der Waals surface area contributed by atoms with Crippen molar-refractivity contribution in [3.05, 3.63) is 82.0 Å². The Labute approximate surface area is 186 Å². The van der Waals surface area contributed by atoms with Crippen LogP contribution < -0.4 is 9.04 Å². The van der Waals surface area contributed by atoms with E-state index in [9.17, 15) is 13.2 Å². The first-order valence-electron chi connectivity index (χ1n) is 10.0. The third-order valence-corrected chi connectivity index (χ3v) is 7.98. The number of hydrogen-bond acceptors (Lipinski definition) is 5. The van der Waals surface area contributed by atoms with Gasteiger partial charge in [0, 0.05) is 22.5 Å². The monoisotopic (exact) mass is 456 g/mol. The van der Waals surface area contributed by atoms with Crippen LogP contribution >= 0.6 is 11.3 Å². The van der Waals surface area contributed by atoms with Crippen LogP contribution in [0.15, 0.2) is 66.0 Å². The Morgan fingerprint density at radius 2 is 1.94 bits per heavy atom. The topological polar surface area (TPSA) is 66.9 Å². The minimum Gasteiger partial charge on any atom is -0.496 e. The molecular weight excluding hydrogens is 432 g/mol. The highest BCUT2D eigenvalue weighted by molar-refractivity contribution is 7.93. The Balaban J connectivity index is 1.65. The van der Waals surface area contributed by atoms with Crippen molar-refractivity contribution in [2.75, 3.05) is 23.7 Å². The SMILES string of the molecule is COc1ccccc1CN(Cc1cccs1)C(=O)c1cccc(N2CCCS2(=O)=O)c1. The number of hydrogen-bond donors (Lipinski definition) is 0. The van der Waals surface area contributed by atoms with Gasteiger partial charge in [-0.15, -0.1) is 11.3 Å². The molecule has 0 N–H and O–H groups in total. The highest BCUT2D eigenvalue weighted by Gasteiger charge is 2.29. The lowest BCUT2D eigenvalue weighted by Crippen LogP contribution is -2.30. The Bertz CT molecular complexity index is 1160. The number of benzene rings is 2. The summed E-state index contributed by atoms with van der Waals surface area (Å²) >= 11 is 1.59. The zero-order valence-corrected chi connectivity index (χ0v) is 18.9. The first-order chi connectivity index (χ1) is 15.0. The molecule has 1 saturated heterocycles. The molecule has 6 nitrogen and oxygen atoms in total. The number of methoxy groups -OCH3 is 1. The third kappa shape index (κ3) is 4.75. The molecule has 0 unspecified atom stereocenters. The molecule has 8 heteroatoms. The van der Waals surface area contributed by atoms with E-state index in [0.29, 0.717) is 37.3 Å². The number of rotatable bonds is 7. The van der Waals surface area contributed by atoms with Crippen molar-refractivity contribution >= 4 is 33.0 Å². The molecule has 0 saturated carbocycles. The van der Waals surface area contributed by atoms with Crippen LogP contribution in [0.25, 0.3) is 0 Å². The fraction of sp³-hybridized carbons (Fsp3) is 0.261. The minimum absolute atomic E-state index is 0.142. The van der Waals surface area contributed by atoms with Crippen LogP contribution in [-0.2, 0) is 23.1 Å². The molecule has 1 aliphatic rings. The van der Waals surface area contributed by atoms with Crippen molar-refractivity contribution in [3.8, 4) is 5.75 Å². The number of sulfonamides is 1. The van der Waals surface area contributed by atoms with Crippen LogP contribution in [0.2, 0.25) is 0 Å². The molecule has 0 bridgehead atoms. The van der Waals surface area contributed by atoms with Gasteiger partial charge in [-0.3, -0.25) is 9.10 Å². The first-order valence-corrected chi connectivity index (χ1v) is 12.5. The maximum atomic E-state index is 13.5. The van der Waals surface area contributed by atoms with E-state index in [1.165, 1.54) is 4.31 Å². The van der Waals surface area contributed by atoms with Crippen molar-refractivity contribution in [2.45, 2.75) is 19.5 Å². The average Bonchev–Trinajstić information content (AvgIpc) is 3.42. The van der Waals surface area contributed by atoms with E-state index in [1.807, 2.05) is 41.8 Å². The smallest absolute Gasteiger partial charge is 0.254 e. The van der Waals surface area contributed by atoms with E-state index in [4.69, 9.17) is 4.74 Å². The lowest BCUT2D eigenvalue weighted by molar-refractivity contribution is 0.0730. The molecule has 0 radical (unpaired) electrons. The van der Waals surface area contributed by atoms with Gasteiger partial charge in [0.2, 0.25) is 10.0 Å². The lowest BCUT2D eigenvalue weighted by Gasteiger charge is -2.24. The summed E-state index contributed by atoms with van der Waals surface area (Å²) in [5.41, 5.74) is 1.91. The van der Waals surface area contributed by atoms with E-state index < -0.39 is 10.0 Å². The molecule has 2 heterocycles. The van der Waals surface area contributed by atoms with Crippen LogP contribution in [0.4, 0.5) is 5.69 Å². The molecule has 0 aliphatic carbocycles. The van der Waals surface area contributed by atoms with E-state index in [0.717, 1.165) is 16.2 Å². The molecule has 1 aliphatic heterocycles. The molecule has 3 aromatic rings. The zero-order valence-electron chi connectivity index (χ0n) is 17.2. The molecule has 1 aromatic heterocycles. The van der Waals surface area contributed by atoms with E-state index in [2.05, 4.69) is 0 Å². The second kappa shape index (κ2) is 9.11. The van der Waals surface area contributed by atoms with Crippen LogP contribution in [0.1, 0.15) is 27.2 Å². The summed E-state index contributed by atoms with van der Waals surface area (Å²) in [7, 11) is -1.69. The second-order valence-corrected chi connectivity index (χ2v) is 10.4. The van der Waals surface area contributed by atoms with Crippen molar-refractivity contribution < 1.29 is 17.9 Å². The molecule has 4 rings (SSSR count). The minimum atomic E-state index is -3.31. The Morgan fingerprint density at radius 3 is 2.65 bits per heavy atom. The standard InChI is InChI=1S/C23H24N2O4S2/c1-29-22-11-3-2-7-19(22)16-24(17-21-10-5-13-30-21)23(26)18-8-4-9-20(15-18)25-12-6-14-31(25,27)28/h2-5,7-11,13,15H,6,12,14,16-17H2,1H3. The van der Waals surface area contributed by atoms with Gasteiger partial charge in [-0.05, 0) is 42.1 Å². The van der Waals surface area contributed by atoms with Crippen LogP contribution in [0, 0.1) is 0 Å². The largest absolute Gasteiger partial charge is 0.496 e. The zero-order chi connectivity index (χ0) is 21.8. The van der Waals surface area contributed by atoms with Gasteiger partial charge in [-0.1, -0.05) is 30.3 Å². The van der Waals surface area contributed by atoms with E-state index in [-0.39, 0.29) is 11.7 Å². The molecule has 1 fully saturated rings. The molecular formula is C23H24N2O4S2. The highest BCUT2D eigenvalue weighted by Crippen LogP contribution is 2.27. The second-order valence-electron chi connectivity index (χ2n) is 7.34. The van der Waals surface area contributed by atoms with E-state index >= 15 is 0 Å². The molecule has 31 heavy (non-hydrogen) atoms. The number of amides is 1. The molecule has 162 valence electrons. The fourth-order valence-electron chi connectivity index (χ4n) is 3.74. The Kier molecular flexibility index (Phi) is 6.29. The van der Waals surface area contributed by atoms with Crippen LogP contribution in [-0.4, -0.2) is 38.6 Å². The molecule has 1 amide bonds. The first kappa shape index (κ1) is 21.4. The summed E-state index contributed by atoms with van der Waals surface area (Å²) in [5.74, 6) is 0.713. The van der Waals surface area contributed by atoms with Crippen molar-refractivity contribution in [1.29, 1.82) is 0 Å². The molecule has 0 spiro atoms. The van der Waals surface area contributed by atoms with Gasteiger partial charge in [0.15, 0.2) is 0 Å². The van der Waals surface area contributed by atoms with Crippen molar-refractivity contribution in [3.63, 3.8) is 0 Å². The van der Waals surface area contributed by atoms with Gasteiger partial charge in [0.25, 0.3) is 5.91 Å². The molecule has 2 aromatic carbocycles. The third-order valence-electron chi connectivity index (χ3n) is 5.25. The summed E-state index contributed by atoms with van der Waals surface area (Å²) < 4.78 is 31.5. The van der Waals surface area contributed by atoms with Crippen LogP contribution in [0.3, 0.4) is 0 Å². The predicted molar refractivity (Wildman–Crippen MR) is 123 cm³/mol. The van der Waals surface area contributed by atoms with Crippen LogP contribution in [0.5, 0.6) is 5.75 Å². The number of para-hydroxylation sites is 1. The van der Waals surface area contributed by atoms with Gasteiger partial charge < -0.3 is 9.64 Å². The maximum absolute atomic E-state index is 13.5. The van der Waals surface area contributed by atoms with Gasteiger partial charge in [-0.2, -0.15) is 0 Å². The average molecular weight is 457 g/mol. The number of carbonyl (C=O) groups is 1. The Hall–Kier alpha value is -2.84. The number of carbonyl (C=O) groups excluding carboxylic acids is 1. The summed E-state index contributed by atoms with van der Waals surface area (Å²) in [6.07, 6.45) is 0.596. The van der Waals surface area contributed by atoms with E-state index in [1.54, 1.807) is 47.6 Å². The summed E-state index contributed by atoms with van der Waals surface area (Å²) in [5, 5.41) is 1.99. The lowest BCUT2D eigenvalue weighted by atomic mass is 10.1. The number of thiophene rings is 1. The number of ether oxygens (including phenoxy) is 1.